The quantitative estimate of drug-likeness (QED) is 0.0195. The standard InChI is InChI=1S/C75H139NO10/c1-4-7-10-13-16-19-22-25-27-29-31-33-34-35-37-38-40-42-44-47-50-53-56-59-62-68(79)74(83)76-66(67(78)61-58-55-52-49-46-24-21-18-15-12-9-6-3)65-84-75-73(72(82)71(81)69(64-77)85-75)86-70(80)63-60-57-54-51-48-45-43-41-39-36-32-30-28-26-23-20-17-14-11-8-5-2/h17,20,25-28,58,61,66-69,71-73,75,77-79,81-82H,4-16,18-19,21-24,29-57,59-60,62-65H2,1-3H3,(H,76,83)/b20-17-,27-25+,28-26-,61-58+. The summed E-state index contributed by atoms with van der Waals surface area (Å²) in [6, 6.07) is -1.02. The molecule has 8 atom stereocenters. The first kappa shape index (κ1) is 81.6. The van der Waals surface area contributed by atoms with E-state index in [-0.39, 0.29) is 13.0 Å². The summed E-state index contributed by atoms with van der Waals surface area (Å²) in [5.41, 5.74) is 0. The van der Waals surface area contributed by atoms with Gasteiger partial charge in [-0.25, -0.2) is 0 Å². The van der Waals surface area contributed by atoms with Crippen molar-refractivity contribution < 1.29 is 49.3 Å². The monoisotopic (exact) mass is 1210 g/mol. The van der Waals surface area contributed by atoms with Gasteiger partial charge in [0.25, 0.3) is 0 Å². The van der Waals surface area contributed by atoms with Crippen LogP contribution >= 0.6 is 0 Å². The van der Waals surface area contributed by atoms with Crippen molar-refractivity contribution in [2.75, 3.05) is 13.2 Å². The SMILES string of the molecule is CCCCC/C=C\C/C=C\CCCCCCCCCCCCCC(=O)OC1C(OCC(NC(=O)C(O)CCCCCCCCCCCCCCCC/C=C/CCCCCCCC)C(O)/C=C/CCCCCCCCCCCC)OC(CO)C(O)C1O. The fourth-order valence-corrected chi connectivity index (χ4v) is 11.6. The highest BCUT2D eigenvalue weighted by Gasteiger charge is 2.47. The Morgan fingerprint density at radius 2 is 0.802 bits per heavy atom. The van der Waals surface area contributed by atoms with Crippen LogP contribution < -0.4 is 5.32 Å². The summed E-state index contributed by atoms with van der Waals surface area (Å²) < 4.78 is 17.7. The molecule has 6 N–H and O–H groups in total. The molecule has 11 nitrogen and oxygen atoms in total. The first-order valence-electron chi connectivity index (χ1n) is 36.9. The van der Waals surface area contributed by atoms with Gasteiger partial charge in [0.2, 0.25) is 5.91 Å². The number of carbonyl (C=O) groups excluding carboxylic acids is 2. The number of esters is 1. The number of aliphatic hydroxyl groups is 5. The zero-order valence-corrected chi connectivity index (χ0v) is 56.2. The predicted octanol–water partition coefficient (Wildman–Crippen LogP) is 19.1. The van der Waals surface area contributed by atoms with Gasteiger partial charge in [-0.1, -0.05) is 313 Å². The number of aliphatic hydroxyl groups excluding tert-OH is 5. The summed E-state index contributed by atoms with van der Waals surface area (Å²) in [7, 11) is 0. The Kier molecular flexibility index (Phi) is 59.6. The van der Waals surface area contributed by atoms with Gasteiger partial charge < -0.3 is 45.1 Å². The van der Waals surface area contributed by atoms with Crippen molar-refractivity contribution in [1.29, 1.82) is 0 Å². The van der Waals surface area contributed by atoms with Crippen LogP contribution in [0.15, 0.2) is 48.6 Å². The summed E-state index contributed by atoms with van der Waals surface area (Å²) >= 11 is 0. The maximum absolute atomic E-state index is 13.5. The molecule has 0 aromatic heterocycles. The number of ether oxygens (including phenoxy) is 3. The fraction of sp³-hybridized carbons (Fsp3) is 0.867. The third-order valence-electron chi connectivity index (χ3n) is 17.5. The van der Waals surface area contributed by atoms with Gasteiger partial charge in [-0.05, 0) is 83.5 Å². The zero-order valence-electron chi connectivity index (χ0n) is 56.2. The van der Waals surface area contributed by atoms with Crippen molar-refractivity contribution in [2.45, 2.75) is 404 Å². The van der Waals surface area contributed by atoms with Gasteiger partial charge in [0, 0.05) is 6.42 Å². The molecule has 1 rings (SSSR count). The minimum Gasteiger partial charge on any atom is -0.454 e. The molecule has 0 radical (unpaired) electrons. The first-order valence-corrected chi connectivity index (χ1v) is 36.9. The van der Waals surface area contributed by atoms with Gasteiger partial charge in [-0.15, -0.1) is 0 Å². The van der Waals surface area contributed by atoms with Crippen LogP contribution in [0.5, 0.6) is 0 Å². The maximum Gasteiger partial charge on any atom is 0.306 e. The van der Waals surface area contributed by atoms with Gasteiger partial charge in [-0.2, -0.15) is 0 Å². The van der Waals surface area contributed by atoms with E-state index in [0.717, 1.165) is 64.2 Å². The van der Waals surface area contributed by atoms with Gasteiger partial charge in [0.15, 0.2) is 12.4 Å². The van der Waals surface area contributed by atoms with Crippen molar-refractivity contribution >= 4 is 11.9 Å². The molecule has 504 valence electrons. The molecule has 1 aliphatic heterocycles. The van der Waals surface area contributed by atoms with Crippen LogP contribution in [0, 0.1) is 0 Å². The van der Waals surface area contributed by atoms with Crippen LogP contribution in [0.4, 0.5) is 0 Å². The summed E-state index contributed by atoms with van der Waals surface area (Å²) in [4.78, 5) is 26.7. The van der Waals surface area contributed by atoms with E-state index < -0.39 is 67.4 Å². The molecular weight excluding hydrogens is 1070 g/mol. The van der Waals surface area contributed by atoms with E-state index in [0.29, 0.717) is 19.3 Å². The van der Waals surface area contributed by atoms with Crippen LogP contribution in [0.25, 0.3) is 0 Å². The van der Waals surface area contributed by atoms with Crippen molar-refractivity contribution in [3.05, 3.63) is 48.6 Å². The Hall–Kier alpha value is -2.38. The molecular formula is C75H139NO10. The molecule has 1 saturated heterocycles. The molecule has 0 spiro atoms. The number of hydrogen-bond donors (Lipinski definition) is 6. The summed E-state index contributed by atoms with van der Waals surface area (Å²) in [6.45, 7) is 5.81. The number of allylic oxidation sites excluding steroid dienone is 7. The van der Waals surface area contributed by atoms with E-state index in [1.807, 2.05) is 6.08 Å². The highest BCUT2D eigenvalue weighted by atomic mass is 16.7. The molecule has 1 aliphatic rings. The Balaban J connectivity index is 2.55. The Bertz CT molecular complexity index is 1590. The molecule has 86 heavy (non-hydrogen) atoms. The number of nitrogens with one attached hydrogen (secondary N) is 1. The Labute approximate surface area is 529 Å². The van der Waals surface area contributed by atoms with E-state index >= 15 is 0 Å². The van der Waals surface area contributed by atoms with E-state index in [4.69, 9.17) is 14.2 Å². The predicted molar refractivity (Wildman–Crippen MR) is 361 cm³/mol. The summed E-state index contributed by atoms with van der Waals surface area (Å²) in [6.07, 6.45) is 68.7. The van der Waals surface area contributed by atoms with Gasteiger partial charge >= 0.3 is 5.97 Å². The van der Waals surface area contributed by atoms with Crippen LogP contribution in [0.1, 0.15) is 355 Å². The normalized spacial score (nSPS) is 18.5. The lowest BCUT2D eigenvalue weighted by molar-refractivity contribution is -0.305. The average molecular weight is 1210 g/mol. The lowest BCUT2D eigenvalue weighted by Crippen LogP contribution is -2.61. The second-order valence-electron chi connectivity index (χ2n) is 25.7. The molecule has 1 fully saturated rings. The lowest BCUT2D eigenvalue weighted by Gasteiger charge is -2.41. The van der Waals surface area contributed by atoms with Gasteiger partial charge in [0.05, 0.1) is 25.4 Å². The van der Waals surface area contributed by atoms with Crippen molar-refractivity contribution in [1.82, 2.24) is 5.32 Å². The molecule has 0 saturated carbocycles. The second-order valence-corrected chi connectivity index (χ2v) is 25.7. The molecule has 0 aromatic rings. The largest absolute Gasteiger partial charge is 0.454 e. The minimum absolute atomic E-state index is 0.123. The number of rotatable bonds is 64. The first-order chi connectivity index (χ1) is 42.2. The number of unbranched alkanes of at least 4 members (excludes halogenated alkanes) is 44. The highest BCUT2D eigenvalue weighted by Crippen LogP contribution is 2.26. The minimum atomic E-state index is -1.61. The topological polar surface area (TPSA) is 175 Å². The van der Waals surface area contributed by atoms with Crippen molar-refractivity contribution in [2.24, 2.45) is 0 Å². The van der Waals surface area contributed by atoms with E-state index in [1.54, 1.807) is 6.08 Å². The number of carbonyl (C=O) groups is 2. The van der Waals surface area contributed by atoms with Crippen molar-refractivity contribution in [3.63, 3.8) is 0 Å². The molecule has 0 bridgehead atoms. The summed E-state index contributed by atoms with van der Waals surface area (Å²) in [5.74, 6) is -1.18. The smallest absolute Gasteiger partial charge is 0.306 e. The van der Waals surface area contributed by atoms with Crippen LogP contribution in [0.3, 0.4) is 0 Å². The molecule has 0 aromatic carbocycles. The Morgan fingerprint density at radius 1 is 0.453 bits per heavy atom. The number of hydrogen-bond acceptors (Lipinski definition) is 10. The fourth-order valence-electron chi connectivity index (χ4n) is 11.6. The zero-order chi connectivity index (χ0) is 62.4. The van der Waals surface area contributed by atoms with Crippen molar-refractivity contribution in [3.8, 4) is 0 Å². The summed E-state index contributed by atoms with van der Waals surface area (Å²) in [5, 5.41) is 57.3. The van der Waals surface area contributed by atoms with Crippen LogP contribution in [0.2, 0.25) is 0 Å². The lowest BCUT2D eigenvalue weighted by atomic mass is 9.99. The molecule has 0 aliphatic carbocycles. The molecule has 1 amide bonds. The number of amides is 1. The molecule has 11 heteroatoms. The second kappa shape index (κ2) is 62.8. The van der Waals surface area contributed by atoms with E-state index in [1.165, 1.54) is 244 Å². The van der Waals surface area contributed by atoms with E-state index in [9.17, 15) is 35.1 Å². The average Bonchev–Trinajstić information content (AvgIpc) is 3.38. The Morgan fingerprint density at radius 3 is 1.22 bits per heavy atom. The maximum atomic E-state index is 13.5. The third kappa shape index (κ3) is 49.4. The van der Waals surface area contributed by atoms with Crippen LogP contribution in [-0.4, -0.2) is 99.6 Å². The van der Waals surface area contributed by atoms with Gasteiger partial charge in [-0.3, -0.25) is 9.59 Å². The highest BCUT2D eigenvalue weighted by molar-refractivity contribution is 5.80. The van der Waals surface area contributed by atoms with E-state index in [2.05, 4.69) is 62.5 Å². The molecule has 8 unspecified atom stereocenters. The van der Waals surface area contributed by atoms with Gasteiger partial charge in [0.1, 0.15) is 24.4 Å². The van der Waals surface area contributed by atoms with Crippen LogP contribution in [-0.2, 0) is 23.8 Å². The molecule has 1 heterocycles. The third-order valence-corrected chi connectivity index (χ3v) is 17.5.